The number of hydrogen-bond acceptors (Lipinski definition) is 7. The van der Waals surface area contributed by atoms with Crippen LogP contribution in [0.25, 0.3) is 0 Å². The molecule has 0 unspecified atom stereocenters. The molecule has 7 nitrogen and oxygen atoms in total. The zero-order chi connectivity index (χ0) is 19.1. The van der Waals surface area contributed by atoms with Crippen LogP contribution in [-0.2, 0) is 9.53 Å². The Morgan fingerprint density at radius 2 is 1.28 bits per heavy atom. The lowest BCUT2D eigenvalue weighted by molar-refractivity contribution is -0.156. The molecule has 0 fully saturated rings. The highest BCUT2D eigenvalue weighted by atomic mass is 16.5. The fraction of sp³-hybridized carbons (Fsp3) is 0.944. The second-order valence-electron chi connectivity index (χ2n) is 6.56. The summed E-state index contributed by atoms with van der Waals surface area (Å²) in [7, 11) is 0. The Morgan fingerprint density at radius 3 is 1.80 bits per heavy atom. The van der Waals surface area contributed by atoms with Crippen molar-refractivity contribution in [3.8, 4) is 0 Å². The van der Waals surface area contributed by atoms with E-state index in [-0.39, 0.29) is 6.42 Å². The van der Waals surface area contributed by atoms with E-state index in [0.717, 1.165) is 19.3 Å². The molecule has 25 heavy (non-hydrogen) atoms. The molecule has 0 saturated heterocycles. The zero-order valence-electron chi connectivity index (χ0n) is 15.3. The summed E-state index contributed by atoms with van der Waals surface area (Å²) in [5.41, 5.74) is 0. The Balaban J connectivity index is 3.66. The number of rotatable bonds is 16. The van der Waals surface area contributed by atoms with Gasteiger partial charge in [0, 0.05) is 6.42 Å². The van der Waals surface area contributed by atoms with Crippen molar-refractivity contribution in [2.75, 3.05) is 13.2 Å². The smallest absolute Gasteiger partial charge is 0.305 e. The van der Waals surface area contributed by atoms with E-state index >= 15 is 0 Å². The fourth-order valence-electron chi connectivity index (χ4n) is 2.49. The third kappa shape index (κ3) is 12.3. The molecule has 0 heterocycles. The first-order chi connectivity index (χ1) is 11.9. The Bertz CT molecular complexity index is 325. The molecule has 7 heteroatoms. The number of esters is 1. The quantitative estimate of drug-likeness (QED) is 0.203. The summed E-state index contributed by atoms with van der Waals surface area (Å²) in [6, 6.07) is 0. The first kappa shape index (κ1) is 24.3. The number of aliphatic hydroxyl groups is 5. The summed E-state index contributed by atoms with van der Waals surface area (Å²) in [4.78, 5) is 11.6. The summed E-state index contributed by atoms with van der Waals surface area (Å²) in [6.45, 7) is 0.982. The van der Waals surface area contributed by atoms with Crippen LogP contribution >= 0.6 is 0 Å². The molecule has 0 bridgehead atoms. The average Bonchev–Trinajstić information content (AvgIpc) is 2.62. The van der Waals surface area contributed by atoms with Crippen LogP contribution in [0.5, 0.6) is 0 Å². The molecule has 150 valence electrons. The van der Waals surface area contributed by atoms with E-state index in [4.69, 9.17) is 9.84 Å². The van der Waals surface area contributed by atoms with Crippen LogP contribution in [0.2, 0.25) is 0 Å². The van der Waals surface area contributed by atoms with Gasteiger partial charge in [-0.1, -0.05) is 58.3 Å². The van der Waals surface area contributed by atoms with Gasteiger partial charge in [-0.2, -0.15) is 0 Å². The van der Waals surface area contributed by atoms with Crippen molar-refractivity contribution in [2.24, 2.45) is 0 Å². The van der Waals surface area contributed by atoms with Gasteiger partial charge in [-0.3, -0.25) is 4.79 Å². The minimum atomic E-state index is -1.71. The van der Waals surface area contributed by atoms with E-state index < -0.39 is 43.6 Å². The average molecular weight is 364 g/mol. The Labute approximate surface area is 150 Å². The highest BCUT2D eigenvalue weighted by molar-refractivity contribution is 5.69. The lowest BCUT2D eigenvalue weighted by Crippen LogP contribution is -2.47. The Morgan fingerprint density at radius 1 is 0.800 bits per heavy atom. The molecule has 5 N–H and O–H groups in total. The number of aliphatic hydroxyl groups excluding tert-OH is 5. The van der Waals surface area contributed by atoms with E-state index in [9.17, 15) is 25.2 Å². The van der Waals surface area contributed by atoms with Gasteiger partial charge in [0.15, 0.2) is 0 Å². The molecular weight excluding hydrogens is 328 g/mol. The van der Waals surface area contributed by atoms with Crippen LogP contribution in [0.1, 0.15) is 71.1 Å². The first-order valence-electron chi connectivity index (χ1n) is 9.42. The number of carbonyl (C=O) groups excluding carboxylic acids is 1. The Kier molecular flexibility index (Phi) is 15.1. The van der Waals surface area contributed by atoms with Gasteiger partial charge in [0.2, 0.25) is 0 Å². The summed E-state index contributed by atoms with van der Waals surface area (Å²) in [5.74, 6) is -0.466. The summed E-state index contributed by atoms with van der Waals surface area (Å²) in [5, 5.41) is 46.5. The van der Waals surface area contributed by atoms with Gasteiger partial charge in [0.05, 0.1) is 6.61 Å². The maximum atomic E-state index is 11.6. The number of ether oxygens (including phenoxy) is 1. The van der Waals surface area contributed by atoms with E-state index in [0.29, 0.717) is 0 Å². The van der Waals surface area contributed by atoms with Gasteiger partial charge in [0.1, 0.15) is 31.0 Å². The molecule has 0 aromatic carbocycles. The molecule has 0 radical (unpaired) electrons. The van der Waals surface area contributed by atoms with E-state index in [2.05, 4.69) is 6.92 Å². The highest BCUT2D eigenvalue weighted by Gasteiger charge is 2.30. The first-order valence-corrected chi connectivity index (χ1v) is 9.42. The van der Waals surface area contributed by atoms with Crippen LogP contribution in [0.15, 0.2) is 0 Å². The van der Waals surface area contributed by atoms with Crippen molar-refractivity contribution < 1.29 is 35.1 Å². The second kappa shape index (κ2) is 15.5. The molecule has 0 saturated carbocycles. The Hall–Kier alpha value is -0.730. The molecule has 0 spiro atoms. The minimum Gasteiger partial charge on any atom is -0.463 e. The summed E-state index contributed by atoms with van der Waals surface area (Å²) in [6.07, 6.45) is 4.01. The van der Waals surface area contributed by atoms with Gasteiger partial charge < -0.3 is 30.3 Å². The maximum Gasteiger partial charge on any atom is 0.305 e. The minimum absolute atomic E-state index is 0.250. The number of hydrogen-bond donors (Lipinski definition) is 5. The molecule has 4 atom stereocenters. The lowest BCUT2D eigenvalue weighted by atomic mass is 10.0. The zero-order valence-corrected chi connectivity index (χ0v) is 15.3. The van der Waals surface area contributed by atoms with Gasteiger partial charge in [-0.25, -0.2) is 0 Å². The van der Waals surface area contributed by atoms with E-state index in [1.165, 1.54) is 38.5 Å². The lowest BCUT2D eigenvalue weighted by Gasteiger charge is -2.25. The molecule has 0 rings (SSSR count). The topological polar surface area (TPSA) is 127 Å². The standard InChI is InChI=1S/C18H36O7/c1-2-3-4-5-6-7-8-9-10-11-16(22)25-13-15(21)18(24)17(23)14(20)12-19/h14-15,17-21,23-24H,2-13H2,1H3/t14-,15-,17-,18-/m1/s1. The molecule has 0 aliphatic heterocycles. The monoisotopic (exact) mass is 364 g/mol. The normalized spacial score (nSPS) is 16.2. The fourth-order valence-corrected chi connectivity index (χ4v) is 2.49. The van der Waals surface area contributed by atoms with Gasteiger partial charge in [0.25, 0.3) is 0 Å². The number of carbonyl (C=O) groups is 1. The predicted molar refractivity (Wildman–Crippen MR) is 93.9 cm³/mol. The van der Waals surface area contributed by atoms with Crippen LogP contribution in [0, 0.1) is 0 Å². The second-order valence-corrected chi connectivity index (χ2v) is 6.56. The molecule has 0 aromatic heterocycles. The molecule has 0 amide bonds. The van der Waals surface area contributed by atoms with Gasteiger partial charge in [-0.15, -0.1) is 0 Å². The molecule has 0 aliphatic carbocycles. The van der Waals surface area contributed by atoms with Crippen LogP contribution < -0.4 is 0 Å². The molecule has 0 aromatic rings. The van der Waals surface area contributed by atoms with Gasteiger partial charge >= 0.3 is 5.97 Å². The van der Waals surface area contributed by atoms with Crippen molar-refractivity contribution >= 4 is 5.97 Å². The van der Waals surface area contributed by atoms with Crippen molar-refractivity contribution in [1.29, 1.82) is 0 Å². The highest BCUT2D eigenvalue weighted by Crippen LogP contribution is 2.11. The van der Waals surface area contributed by atoms with Crippen LogP contribution in [0.3, 0.4) is 0 Å². The van der Waals surface area contributed by atoms with Crippen molar-refractivity contribution in [2.45, 2.75) is 95.5 Å². The third-order valence-electron chi connectivity index (χ3n) is 4.22. The van der Waals surface area contributed by atoms with E-state index in [1.807, 2.05) is 0 Å². The third-order valence-corrected chi connectivity index (χ3v) is 4.22. The summed E-state index contributed by atoms with van der Waals surface area (Å²) < 4.78 is 4.86. The molecular formula is C18H36O7. The number of unbranched alkanes of at least 4 members (excludes halogenated alkanes) is 8. The van der Waals surface area contributed by atoms with Crippen molar-refractivity contribution in [3.63, 3.8) is 0 Å². The maximum absolute atomic E-state index is 11.6. The van der Waals surface area contributed by atoms with E-state index in [1.54, 1.807) is 0 Å². The summed E-state index contributed by atoms with van der Waals surface area (Å²) >= 11 is 0. The SMILES string of the molecule is CCCCCCCCCCCC(=O)OC[C@@H](O)[C@@H](O)[C@H](O)[C@H](O)CO. The largest absolute Gasteiger partial charge is 0.463 e. The van der Waals surface area contributed by atoms with Gasteiger partial charge in [-0.05, 0) is 6.42 Å². The van der Waals surface area contributed by atoms with Crippen molar-refractivity contribution in [1.82, 2.24) is 0 Å². The van der Waals surface area contributed by atoms with Crippen LogP contribution in [0.4, 0.5) is 0 Å². The predicted octanol–water partition coefficient (Wildman–Crippen LogP) is 0.886. The van der Waals surface area contributed by atoms with Crippen molar-refractivity contribution in [3.05, 3.63) is 0 Å². The molecule has 0 aliphatic rings. The van der Waals surface area contributed by atoms with Crippen LogP contribution in [-0.4, -0.2) is 69.1 Å².